The van der Waals surface area contributed by atoms with Gasteiger partial charge < -0.3 is 5.11 Å². The molecule has 0 rings (SSSR count). The van der Waals surface area contributed by atoms with Gasteiger partial charge in [0.05, 0.1) is 0 Å². The topological polar surface area (TPSA) is 37.3 Å². The standard InChI is InChI=1S/C9H18O2/c1-4-8(6-10)5-9(11)7(2)3/h7-8,10H,4-6H2,1-3H3. The van der Waals surface area contributed by atoms with Gasteiger partial charge in [0.2, 0.25) is 0 Å². The summed E-state index contributed by atoms with van der Waals surface area (Å²) in [5.74, 6) is 0.534. The van der Waals surface area contributed by atoms with Crippen molar-refractivity contribution in [3.05, 3.63) is 0 Å². The highest BCUT2D eigenvalue weighted by Crippen LogP contribution is 2.11. The molecule has 0 aromatic rings. The van der Waals surface area contributed by atoms with E-state index in [0.29, 0.717) is 6.42 Å². The Morgan fingerprint density at radius 2 is 2.00 bits per heavy atom. The molecule has 0 radical (unpaired) electrons. The Kier molecular flexibility index (Phi) is 5.12. The van der Waals surface area contributed by atoms with Gasteiger partial charge >= 0.3 is 0 Å². The zero-order chi connectivity index (χ0) is 8.85. The summed E-state index contributed by atoms with van der Waals surface area (Å²) in [4.78, 5) is 11.2. The molecule has 0 aliphatic heterocycles. The first-order valence-corrected chi connectivity index (χ1v) is 4.25. The van der Waals surface area contributed by atoms with E-state index in [2.05, 4.69) is 0 Å². The van der Waals surface area contributed by atoms with E-state index < -0.39 is 0 Å². The van der Waals surface area contributed by atoms with Crippen LogP contribution in [0.5, 0.6) is 0 Å². The van der Waals surface area contributed by atoms with Gasteiger partial charge in [0, 0.05) is 18.9 Å². The third kappa shape index (κ3) is 4.14. The number of aliphatic hydroxyl groups excluding tert-OH is 1. The van der Waals surface area contributed by atoms with Gasteiger partial charge in [-0.05, 0) is 5.92 Å². The molecule has 2 nitrogen and oxygen atoms in total. The lowest BCUT2D eigenvalue weighted by molar-refractivity contribution is -0.123. The smallest absolute Gasteiger partial charge is 0.135 e. The first-order chi connectivity index (χ1) is 5.11. The van der Waals surface area contributed by atoms with Crippen LogP contribution in [-0.4, -0.2) is 17.5 Å². The Bertz CT molecular complexity index is 115. The number of aliphatic hydroxyl groups is 1. The van der Waals surface area contributed by atoms with Crippen LogP contribution in [0.1, 0.15) is 33.6 Å². The lowest BCUT2D eigenvalue weighted by Crippen LogP contribution is -2.15. The van der Waals surface area contributed by atoms with Crippen molar-refractivity contribution >= 4 is 5.78 Å². The minimum Gasteiger partial charge on any atom is -0.396 e. The molecule has 0 aromatic carbocycles. The summed E-state index contributed by atoms with van der Waals surface area (Å²) >= 11 is 0. The van der Waals surface area contributed by atoms with Crippen molar-refractivity contribution in [3.63, 3.8) is 0 Å². The van der Waals surface area contributed by atoms with Gasteiger partial charge in [-0.2, -0.15) is 0 Å². The second kappa shape index (κ2) is 5.30. The van der Waals surface area contributed by atoms with E-state index in [0.717, 1.165) is 6.42 Å². The average Bonchev–Trinajstić information content (AvgIpc) is 1.99. The molecule has 0 saturated carbocycles. The van der Waals surface area contributed by atoms with Crippen LogP contribution in [0.2, 0.25) is 0 Å². The minimum absolute atomic E-state index is 0.107. The molecule has 0 heterocycles. The number of hydrogen-bond donors (Lipinski definition) is 1. The Hall–Kier alpha value is -0.370. The molecular formula is C9H18O2. The number of rotatable bonds is 5. The van der Waals surface area contributed by atoms with Crippen molar-refractivity contribution in [2.75, 3.05) is 6.61 Å². The molecule has 66 valence electrons. The molecule has 0 amide bonds. The molecule has 0 saturated heterocycles. The van der Waals surface area contributed by atoms with Crippen LogP contribution in [0.3, 0.4) is 0 Å². The number of carbonyl (C=O) groups is 1. The minimum atomic E-state index is 0.107. The van der Waals surface area contributed by atoms with Crippen LogP contribution in [0.25, 0.3) is 0 Å². The zero-order valence-electron chi connectivity index (χ0n) is 7.63. The molecule has 11 heavy (non-hydrogen) atoms. The number of hydrogen-bond acceptors (Lipinski definition) is 2. The number of Topliss-reactive ketones (excluding diaryl/α,β-unsaturated/α-hetero) is 1. The van der Waals surface area contributed by atoms with E-state index in [9.17, 15) is 4.79 Å². The van der Waals surface area contributed by atoms with E-state index in [4.69, 9.17) is 5.11 Å². The van der Waals surface area contributed by atoms with Crippen LogP contribution in [-0.2, 0) is 4.79 Å². The summed E-state index contributed by atoms with van der Waals surface area (Å²) in [6, 6.07) is 0. The second-order valence-electron chi connectivity index (χ2n) is 3.28. The van der Waals surface area contributed by atoms with Crippen molar-refractivity contribution in [2.45, 2.75) is 33.6 Å². The first-order valence-electron chi connectivity index (χ1n) is 4.25. The summed E-state index contributed by atoms with van der Waals surface area (Å²) < 4.78 is 0. The van der Waals surface area contributed by atoms with E-state index in [1.54, 1.807) is 0 Å². The fourth-order valence-electron chi connectivity index (χ4n) is 0.858. The van der Waals surface area contributed by atoms with E-state index >= 15 is 0 Å². The molecule has 2 heteroatoms. The SMILES string of the molecule is CCC(CO)CC(=O)C(C)C. The van der Waals surface area contributed by atoms with Gasteiger partial charge in [-0.1, -0.05) is 27.2 Å². The molecular weight excluding hydrogens is 140 g/mol. The maximum absolute atomic E-state index is 11.2. The van der Waals surface area contributed by atoms with Gasteiger partial charge in [-0.25, -0.2) is 0 Å². The molecule has 0 bridgehead atoms. The zero-order valence-corrected chi connectivity index (χ0v) is 7.63. The number of ketones is 1. The summed E-state index contributed by atoms with van der Waals surface area (Å²) in [7, 11) is 0. The third-order valence-corrected chi connectivity index (χ3v) is 1.97. The Balaban J connectivity index is 3.72. The van der Waals surface area contributed by atoms with Crippen LogP contribution >= 0.6 is 0 Å². The monoisotopic (exact) mass is 158 g/mol. The van der Waals surface area contributed by atoms with Crippen LogP contribution in [0.15, 0.2) is 0 Å². The normalized spacial score (nSPS) is 13.5. The average molecular weight is 158 g/mol. The van der Waals surface area contributed by atoms with E-state index in [1.165, 1.54) is 0 Å². The Morgan fingerprint density at radius 1 is 1.45 bits per heavy atom. The maximum Gasteiger partial charge on any atom is 0.135 e. The summed E-state index contributed by atoms with van der Waals surface area (Å²) in [6.07, 6.45) is 1.42. The largest absolute Gasteiger partial charge is 0.396 e. The van der Waals surface area contributed by atoms with Crippen molar-refractivity contribution < 1.29 is 9.90 Å². The third-order valence-electron chi connectivity index (χ3n) is 1.97. The predicted molar refractivity (Wildman–Crippen MR) is 45.3 cm³/mol. The molecule has 1 unspecified atom stereocenters. The maximum atomic E-state index is 11.2. The summed E-state index contributed by atoms with van der Waals surface area (Å²) in [6.45, 7) is 5.92. The Labute approximate surface area is 68.6 Å². The van der Waals surface area contributed by atoms with E-state index in [1.807, 2.05) is 20.8 Å². The molecule has 0 aromatic heterocycles. The van der Waals surface area contributed by atoms with Gasteiger partial charge in [-0.3, -0.25) is 4.79 Å². The number of carbonyl (C=O) groups excluding carboxylic acids is 1. The summed E-state index contributed by atoms with van der Waals surface area (Å²) in [5.41, 5.74) is 0. The van der Waals surface area contributed by atoms with Crippen LogP contribution in [0.4, 0.5) is 0 Å². The van der Waals surface area contributed by atoms with Gasteiger partial charge in [0.15, 0.2) is 0 Å². The molecule has 1 atom stereocenters. The van der Waals surface area contributed by atoms with Crippen LogP contribution < -0.4 is 0 Å². The lowest BCUT2D eigenvalue weighted by Gasteiger charge is -2.11. The van der Waals surface area contributed by atoms with Gasteiger partial charge in [0.25, 0.3) is 0 Å². The van der Waals surface area contributed by atoms with Crippen molar-refractivity contribution in [3.8, 4) is 0 Å². The van der Waals surface area contributed by atoms with Crippen molar-refractivity contribution in [1.82, 2.24) is 0 Å². The molecule has 0 aliphatic carbocycles. The fourth-order valence-corrected chi connectivity index (χ4v) is 0.858. The second-order valence-corrected chi connectivity index (χ2v) is 3.28. The molecule has 0 aliphatic rings. The van der Waals surface area contributed by atoms with Gasteiger partial charge in [-0.15, -0.1) is 0 Å². The van der Waals surface area contributed by atoms with Gasteiger partial charge in [0.1, 0.15) is 5.78 Å². The predicted octanol–water partition coefficient (Wildman–Crippen LogP) is 1.62. The highest BCUT2D eigenvalue weighted by molar-refractivity contribution is 5.80. The summed E-state index contributed by atoms with van der Waals surface area (Å²) in [5, 5.41) is 8.80. The Morgan fingerprint density at radius 3 is 2.27 bits per heavy atom. The quantitative estimate of drug-likeness (QED) is 0.660. The highest BCUT2D eigenvalue weighted by atomic mass is 16.3. The van der Waals surface area contributed by atoms with Crippen molar-refractivity contribution in [2.24, 2.45) is 11.8 Å². The highest BCUT2D eigenvalue weighted by Gasteiger charge is 2.13. The first kappa shape index (κ1) is 10.6. The lowest BCUT2D eigenvalue weighted by atomic mass is 9.95. The fraction of sp³-hybridized carbons (Fsp3) is 0.889. The van der Waals surface area contributed by atoms with Crippen LogP contribution in [0, 0.1) is 11.8 Å². The van der Waals surface area contributed by atoms with Crippen molar-refractivity contribution in [1.29, 1.82) is 0 Å². The molecule has 0 spiro atoms. The molecule has 0 fully saturated rings. The van der Waals surface area contributed by atoms with E-state index in [-0.39, 0.29) is 24.2 Å². The molecule has 1 N–H and O–H groups in total.